The SMILES string of the molecule is CSCC[C@H](N)C(=O)Nc1cccc(Br)c1O. The smallest absolute Gasteiger partial charge is 0.241 e. The molecule has 1 aromatic rings. The number of carbonyl (C=O) groups excluding carboxylic acids is 1. The number of hydrogen-bond acceptors (Lipinski definition) is 4. The summed E-state index contributed by atoms with van der Waals surface area (Å²) >= 11 is 4.82. The first kappa shape index (κ1) is 14.3. The Labute approximate surface area is 113 Å². The molecule has 0 bridgehead atoms. The minimum absolute atomic E-state index is 0.0120. The Hall–Kier alpha value is -0.720. The zero-order valence-corrected chi connectivity index (χ0v) is 11.8. The maximum absolute atomic E-state index is 11.7. The first-order valence-electron chi connectivity index (χ1n) is 5.09. The van der Waals surface area contributed by atoms with Gasteiger partial charge in [0.2, 0.25) is 5.91 Å². The van der Waals surface area contributed by atoms with Crippen LogP contribution in [-0.4, -0.2) is 29.1 Å². The molecule has 94 valence electrons. The Bertz CT molecular complexity index is 401. The highest BCUT2D eigenvalue weighted by Gasteiger charge is 2.15. The second-order valence-electron chi connectivity index (χ2n) is 3.51. The highest BCUT2D eigenvalue weighted by Crippen LogP contribution is 2.31. The number of aromatic hydroxyl groups is 1. The second kappa shape index (κ2) is 6.88. The number of anilines is 1. The average Bonchev–Trinajstić information content (AvgIpc) is 2.31. The minimum Gasteiger partial charge on any atom is -0.505 e. The van der Waals surface area contributed by atoms with E-state index in [9.17, 15) is 9.90 Å². The van der Waals surface area contributed by atoms with E-state index in [1.165, 1.54) is 0 Å². The quantitative estimate of drug-likeness (QED) is 0.727. The molecule has 1 atom stereocenters. The number of halogens is 1. The van der Waals surface area contributed by atoms with Gasteiger partial charge in [-0.2, -0.15) is 11.8 Å². The number of phenolic OH excluding ortho intramolecular Hbond substituents is 1. The largest absolute Gasteiger partial charge is 0.505 e. The third-order valence-electron chi connectivity index (χ3n) is 2.21. The van der Waals surface area contributed by atoms with E-state index in [1.54, 1.807) is 30.0 Å². The molecule has 0 aliphatic heterocycles. The first-order chi connectivity index (χ1) is 8.06. The van der Waals surface area contributed by atoms with Crippen LogP contribution in [0.3, 0.4) is 0 Å². The molecule has 0 aromatic heterocycles. The van der Waals surface area contributed by atoms with Crippen molar-refractivity contribution >= 4 is 39.3 Å². The van der Waals surface area contributed by atoms with Gasteiger partial charge in [0, 0.05) is 0 Å². The number of rotatable bonds is 5. The Morgan fingerprint density at radius 2 is 2.35 bits per heavy atom. The van der Waals surface area contributed by atoms with Crippen molar-refractivity contribution in [2.45, 2.75) is 12.5 Å². The summed E-state index contributed by atoms with van der Waals surface area (Å²) in [6.07, 6.45) is 2.58. The van der Waals surface area contributed by atoms with Crippen LogP contribution in [0, 0.1) is 0 Å². The van der Waals surface area contributed by atoms with E-state index in [0.717, 1.165) is 5.75 Å². The van der Waals surface area contributed by atoms with Crippen molar-refractivity contribution in [1.29, 1.82) is 0 Å². The molecule has 1 aromatic carbocycles. The van der Waals surface area contributed by atoms with Gasteiger partial charge < -0.3 is 16.2 Å². The minimum atomic E-state index is -0.555. The van der Waals surface area contributed by atoms with Crippen molar-refractivity contribution in [1.82, 2.24) is 0 Å². The van der Waals surface area contributed by atoms with Crippen LogP contribution in [-0.2, 0) is 4.79 Å². The van der Waals surface area contributed by atoms with Crippen molar-refractivity contribution < 1.29 is 9.90 Å². The van der Waals surface area contributed by atoms with Crippen molar-refractivity contribution in [2.24, 2.45) is 5.73 Å². The third kappa shape index (κ3) is 4.22. The normalized spacial score (nSPS) is 12.2. The van der Waals surface area contributed by atoms with E-state index in [-0.39, 0.29) is 11.7 Å². The molecular formula is C11H15BrN2O2S. The molecule has 0 unspecified atom stereocenters. The predicted octanol–water partition coefficient (Wildman–Crippen LogP) is 2.17. The number of amides is 1. The Morgan fingerprint density at radius 1 is 1.65 bits per heavy atom. The van der Waals surface area contributed by atoms with Gasteiger partial charge in [0.15, 0.2) is 5.75 Å². The maximum Gasteiger partial charge on any atom is 0.241 e. The molecule has 0 saturated heterocycles. The van der Waals surface area contributed by atoms with Crippen LogP contribution in [0.15, 0.2) is 22.7 Å². The Kier molecular flexibility index (Phi) is 5.80. The lowest BCUT2D eigenvalue weighted by Crippen LogP contribution is -2.36. The molecule has 0 heterocycles. The summed E-state index contributed by atoms with van der Waals surface area (Å²) in [5, 5.41) is 12.3. The van der Waals surface area contributed by atoms with Crippen LogP contribution in [0.1, 0.15) is 6.42 Å². The molecule has 6 heteroatoms. The number of nitrogens with two attached hydrogens (primary N) is 1. The third-order valence-corrected chi connectivity index (χ3v) is 3.50. The molecule has 4 nitrogen and oxygen atoms in total. The van der Waals surface area contributed by atoms with Crippen molar-refractivity contribution in [2.75, 3.05) is 17.3 Å². The summed E-state index contributed by atoms with van der Waals surface area (Å²) in [7, 11) is 0. The van der Waals surface area contributed by atoms with Gasteiger partial charge in [-0.05, 0) is 46.5 Å². The van der Waals surface area contributed by atoms with Crippen LogP contribution in [0.5, 0.6) is 5.75 Å². The highest BCUT2D eigenvalue weighted by molar-refractivity contribution is 9.10. The number of para-hydroxylation sites is 1. The van der Waals surface area contributed by atoms with Gasteiger partial charge >= 0.3 is 0 Å². The van der Waals surface area contributed by atoms with Gasteiger partial charge in [0.05, 0.1) is 16.2 Å². The summed E-state index contributed by atoms with van der Waals surface area (Å²) in [4.78, 5) is 11.7. The lowest BCUT2D eigenvalue weighted by atomic mass is 10.2. The summed E-state index contributed by atoms with van der Waals surface area (Å²) < 4.78 is 0.535. The van der Waals surface area contributed by atoms with Gasteiger partial charge in [-0.25, -0.2) is 0 Å². The summed E-state index contributed by atoms with van der Waals surface area (Å²) in [5.41, 5.74) is 6.09. The number of carbonyl (C=O) groups is 1. The van der Waals surface area contributed by atoms with E-state index in [2.05, 4.69) is 21.2 Å². The van der Waals surface area contributed by atoms with Crippen LogP contribution < -0.4 is 11.1 Å². The summed E-state index contributed by atoms with van der Waals surface area (Å²) in [6.45, 7) is 0. The average molecular weight is 319 g/mol. The standard InChI is InChI=1S/C11H15BrN2O2S/c1-17-6-5-8(13)11(16)14-9-4-2-3-7(12)10(9)15/h2-4,8,15H,5-6,13H2,1H3,(H,14,16)/t8-/m0/s1. The van der Waals surface area contributed by atoms with Gasteiger partial charge in [-0.3, -0.25) is 4.79 Å². The number of nitrogens with one attached hydrogen (secondary N) is 1. The summed E-state index contributed by atoms with van der Waals surface area (Å²) in [5.74, 6) is 0.560. The van der Waals surface area contributed by atoms with Crippen LogP contribution >= 0.6 is 27.7 Å². The van der Waals surface area contributed by atoms with Crippen molar-refractivity contribution in [3.05, 3.63) is 22.7 Å². The first-order valence-corrected chi connectivity index (χ1v) is 7.27. The fourth-order valence-corrected chi connectivity index (χ4v) is 2.07. The molecule has 0 aliphatic carbocycles. The predicted molar refractivity (Wildman–Crippen MR) is 75.4 cm³/mol. The molecule has 1 amide bonds. The van der Waals surface area contributed by atoms with E-state index >= 15 is 0 Å². The highest BCUT2D eigenvalue weighted by atomic mass is 79.9. The zero-order chi connectivity index (χ0) is 12.8. The fraction of sp³-hybridized carbons (Fsp3) is 0.364. The number of hydrogen-bond donors (Lipinski definition) is 3. The molecule has 0 fully saturated rings. The van der Waals surface area contributed by atoms with E-state index < -0.39 is 6.04 Å². The van der Waals surface area contributed by atoms with Crippen LogP contribution in [0.4, 0.5) is 5.69 Å². The monoisotopic (exact) mass is 318 g/mol. The second-order valence-corrected chi connectivity index (χ2v) is 5.35. The summed E-state index contributed by atoms with van der Waals surface area (Å²) in [6, 6.07) is 4.49. The van der Waals surface area contributed by atoms with Gasteiger partial charge in [-0.1, -0.05) is 6.07 Å². The molecule has 17 heavy (non-hydrogen) atoms. The molecule has 0 spiro atoms. The van der Waals surface area contributed by atoms with E-state index in [4.69, 9.17) is 5.73 Å². The number of phenols is 1. The fourth-order valence-electron chi connectivity index (χ4n) is 1.22. The van der Waals surface area contributed by atoms with Crippen LogP contribution in [0.2, 0.25) is 0 Å². The maximum atomic E-state index is 11.7. The topological polar surface area (TPSA) is 75.4 Å². The molecule has 0 radical (unpaired) electrons. The van der Waals surface area contributed by atoms with Crippen molar-refractivity contribution in [3.8, 4) is 5.75 Å². The van der Waals surface area contributed by atoms with Gasteiger partial charge in [-0.15, -0.1) is 0 Å². The lowest BCUT2D eigenvalue weighted by Gasteiger charge is -2.13. The van der Waals surface area contributed by atoms with Crippen LogP contribution in [0.25, 0.3) is 0 Å². The molecule has 4 N–H and O–H groups in total. The number of thioether (sulfide) groups is 1. The Balaban J connectivity index is 2.64. The molecule has 0 saturated carbocycles. The van der Waals surface area contributed by atoms with E-state index in [0.29, 0.717) is 16.6 Å². The molecule has 0 aliphatic rings. The molecule has 1 rings (SSSR count). The van der Waals surface area contributed by atoms with Crippen molar-refractivity contribution in [3.63, 3.8) is 0 Å². The number of benzene rings is 1. The molecular weight excluding hydrogens is 304 g/mol. The van der Waals surface area contributed by atoms with Gasteiger partial charge in [0.25, 0.3) is 0 Å². The lowest BCUT2D eigenvalue weighted by molar-refractivity contribution is -0.117. The Morgan fingerprint density at radius 3 is 3.00 bits per heavy atom. The zero-order valence-electron chi connectivity index (χ0n) is 9.44. The van der Waals surface area contributed by atoms with Gasteiger partial charge in [0.1, 0.15) is 0 Å². The van der Waals surface area contributed by atoms with E-state index in [1.807, 2.05) is 6.26 Å².